The molecule has 3 aromatic rings. The number of rotatable bonds is 6. The van der Waals surface area contributed by atoms with Gasteiger partial charge in [0, 0.05) is 28.9 Å². The second-order valence-corrected chi connectivity index (χ2v) is 6.77. The first-order chi connectivity index (χ1) is 13.9. The number of hydrogen-bond donors (Lipinski definition) is 1. The van der Waals surface area contributed by atoms with Crippen molar-refractivity contribution in [3.63, 3.8) is 0 Å². The van der Waals surface area contributed by atoms with Crippen LogP contribution in [0.3, 0.4) is 0 Å². The molecule has 29 heavy (non-hydrogen) atoms. The molecule has 0 unspecified atom stereocenters. The SMILES string of the molecule is COc1cccc(NC(=O)[C@@H](C)Oc2ccc(=O)n(-c3cc(Cl)ccc3C)n2)c1. The van der Waals surface area contributed by atoms with E-state index in [-0.39, 0.29) is 17.3 Å². The van der Waals surface area contributed by atoms with E-state index in [2.05, 4.69) is 10.4 Å². The summed E-state index contributed by atoms with van der Waals surface area (Å²) in [5.41, 5.74) is 1.61. The molecule has 0 spiro atoms. The number of carbonyl (C=O) groups excluding carboxylic acids is 1. The summed E-state index contributed by atoms with van der Waals surface area (Å²) < 4.78 is 12.0. The van der Waals surface area contributed by atoms with Crippen molar-refractivity contribution in [2.45, 2.75) is 20.0 Å². The standard InChI is InChI=1S/C21H20ClN3O4/c1-13-7-8-15(22)11-18(13)25-20(26)10-9-19(24-25)29-14(2)21(27)23-16-5-4-6-17(12-16)28-3/h4-12,14H,1-3H3,(H,23,27)/t14-/m1/s1. The van der Waals surface area contributed by atoms with Crippen LogP contribution in [0.2, 0.25) is 5.02 Å². The van der Waals surface area contributed by atoms with E-state index in [0.717, 1.165) is 5.56 Å². The average Bonchev–Trinajstić information content (AvgIpc) is 2.71. The molecule has 0 saturated carbocycles. The number of nitrogens with zero attached hydrogens (tertiary/aromatic N) is 2. The first kappa shape index (κ1) is 20.4. The van der Waals surface area contributed by atoms with Gasteiger partial charge in [-0.1, -0.05) is 23.7 Å². The molecule has 0 aliphatic heterocycles. The normalized spacial score (nSPS) is 11.6. The molecule has 0 radical (unpaired) electrons. The van der Waals surface area contributed by atoms with Crippen LogP contribution in [0.15, 0.2) is 59.4 Å². The van der Waals surface area contributed by atoms with E-state index in [1.807, 2.05) is 6.92 Å². The van der Waals surface area contributed by atoms with Gasteiger partial charge >= 0.3 is 0 Å². The molecule has 1 N–H and O–H groups in total. The maximum Gasteiger partial charge on any atom is 0.271 e. The molecule has 2 aromatic carbocycles. The largest absolute Gasteiger partial charge is 0.497 e. The Morgan fingerprint density at radius 2 is 1.97 bits per heavy atom. The number of carbonyl (C=O) groups is 1. The number of aryl methyl sites for hydroxylation is 1. The van der Waals surface area contributed by atoms with Crippen LogP contribution in [-0.4, -0.2) is 28.9 Å². The fourth-order valence-electron chi connectivity index (χ4n) is 2.62. The van der Waals surface area contributed by atoms with Crippen LogP contribution in [0.5, 0.6) is 11.6 Å². The fourth-order valence-corrected chi connectivity index (χ4v) is 2.79. The number of halogens is 1. The lowest BCUT2D eigenvalue weighted by Gasteiger charge is -2.15. The average molecular weight is 414 g/mol. The number of nitrogens with one attached hydrogen (secondary N) is 1. The summed E-state index contributed by atoms with van der Waals surface area (Å²) in [5.74, 6) is 0.399. The van der Waals surface area contributed by atoms with Gasteiger partial charge in [-0.05, 0) is 43.7 Å². The van der Waals surface area contributed by atoms with E-state index in [1.54, 1.807) is 56.5 Å². The van der Waals surface area contributed by atoms with Crippen molar-refractivity contribution < 1.29 is 14.3 Å². The van der Waals surface area contributed by atoms with Crippen molar-refractivity contribution in [2.75, 3.05) is 12.4 Å². The molecule has 1 aromatic heterocycles. The molecule has 0 aliphatic carbocycles. The van der Waals surface area contributed by atoms with Crippen molar-refractivity contribution >= 4 is 23.2 Å². The minimum atomic E-state index is -0.847. The molecule has 0 saturated heterocycles. The summed E-state index contributed by atoms with van der Waals surface area (Å²) in [6, 6.07) is 14.9. The highest BCUT2D eigenvalue weighted by atomic mass is 35.5. The summed E-state index contributed by atoms with van der Waals surface area (Å²) in [7, 11) is 1.55. The zero-order valence-corrected chi connectivity index (χ0v) is 16.9. The molecule has 1 amide bonds. The molecular formula is C21H20ClN3O4. The smallest absolute Gasteiger partial charge is 0.271 e. The van der Waals surface area contributed by atoms with Crippen molar-refractivity contribution in [3.8, 4) is 17.3 Å². The molecule has 1 heterocycles. The lowest BCUT2D eigenvalue weighted by atomic mass is 10.2. The molecule has 0 aliphatic rings. The third-order valence-electron chi connectivity index (χ3n) is 4.18. The molecule has 0 bridgehead atoms. The summed E-state index contributed by atoms with van der Waals surface area (Å²) >= 11 is 6.05. The zero-order chi connectivity index (χ0) is 21.0. The molecule has 8 heteroatoms. The van der Waals surface area contributed by atoms with Gasteiger partial charge in [-0.25, -0.2) is 0 Å². The van der Waals surface area contributed by atoms with Crippen LogP contribution in [0.1, 0.15) is 12.5 Å². The topological polar surface area (TPSA) is 82.5 Å². The van der Waals surface area contributed by atoms with E-state index >= 15 is 0 Å². The van der Waals surface area contributed by atoms with Gasteiger partial charge in [-0.2, -0.15) is 4.68 Å². The number of methoxy groups -OCH3 is 1. The highest BCUT2D eigenvalue weighted by molar-refractivity contribution is 6.30. The highest BCUT2D eigenvalue weighted by Gasteiger charge is 2.17. The maximum atomic E-state index is 12.4. The van der Waals surface area contributed by atoms with Gasteiger partial charge in [-0.3, -0.25) is 9.59 Å². The number of aromatic nitrogens is 2. The summed E-state index contributed by atoms with van der Waals surface area (Å²) in [5, 5.41) is 7.46. The first-order valence-electron chi connectivity index (χ1n) is 8.86. The molecule has 0 fully saturated rings. The van der Waals surface area contributed by atoms with Crippen LogP contribution in [-0.2, 0) is 4.79 Å². The third-order valence-corrected chi connectivity index (χ3v) is 4.41. The number of benzene rings is 2. The Balaban J connectivity index is 1.78. The van der Waals surface area contributed by atoms with Crippen LogP contribution in [0.4, 0.5) is 5.69 Å². The second kappa shape index (κ2) is 8.79. The van der Waals surface area contributed by atoms with Gasteiger partial charge in [-0.15, -0.1) is 5.10 Å². The van der Waals surface area contributed by atoms with E-state index in [1.165, 1.54) is 16.8 Å². The van der Waals surface area contributed by atoms with E-state index in [9.17, 15) is 9.59 Å². The van der Waals surface area contributed by atoms with Crippen LogP contribution in [0, 0.1) is 6.92 Å². The number of hydrogen-bond acceptors (Lipinski definition) is 5. The minimum Gasteiger partial charge on any atom is -0.497 e. The zero-order valence-electron chi connectivity index (χ0n) is 16.2. The lowest BCUT2D eigenvalue weighted by molar-refractivity contribution is -0.122. The quantitative estimate of drug-likeness (QED) is 0.667. The van der Waals surface area contributed by atoms with Gasteiger partial charge in [0.2, 0.25) is 5.88 Å². The Morgan fingerprint density at radius 3 is 2.72 bits per heavy atom. The Morgan fingerprint density at radius 1 is 1.17 bits per heavy atom. The van der Waals surface area contributed by atoms with E-state index in [0.29, 0.717) is 22.1 Å². The van der Waals surface area contributed by atoms with Gasteiger partial charge in [0.1, 0.15) is 5.75 Å². The molecule has 7 nitrogen and oxygen atoms in total. The van der Waals surface area contributed by atoms with Gasteiger partial charge in [0.15, 0.2) is 6.10 Å². The second-order valence-electron chi connectivity index (χ2n) is 6.33. The van der Waals surface area contributed by atoms with E-state index in [4.69, 9.17) is 21.1 Å². The summed E-state index contributed by atoms with van der Waals surface area (Å²) in [6.45, 7) is 3.44. The number of anilines is 1. The van der Waals surface area contributed by atoms with Crippen molar-refractivity contribution in [1.82, 2.24) is 9.78 Å². The van der Waals surface area contributed by atoms with Crippen LogP contribution >= 0.6 is 11.6 Å². The Hall–Kier alpha value is -3.32. The van der Waals surface area contributed by atoms with Crippen molar-refractivity contribution in [2.24, 2.45) is 0 Å². The monoisotopic (exact) mass is 413 g/mol. The third kappa shape index (κ3) is 4.94. The Labute approximate surface area is 172 Å². The number of ether oxygens (including phenoxy) is 2. The molecule has 150 valence electrons. The molecule has 3 rings (SSSR count). The van der Waals surface area contributed by atoms with Crippen LogP contribution < -0.4 is 20.3 Å². The lowest BCUT2D eigenvalue weighted by Crippen LogP contribution is -2.31. The predicted molar refractivity (Wildman–Crippen MR) is 111 cm³/mol. The highest BCUT2D eigenvalue weighted by Crippen LogP contribution is 2.19. The summed E-state index contributed by atoms with van der Waals surface area (Å²) in [4.78, 5) is 24.7. The molecular weight excluding hydrogens is 394 g/mol. The van der Waals surface area contributed by atoms with E-state index < -0.39 is 6.10 Å². The van der Waals surface area contributed by atoms with Gasteiger partial charge < -0.3 is 14.8 Å². The van der Waals surface area contributed by atoms with Gasteiger partial charge in [0.05, 0.1) is 12.8 Å². The predicted octanol–water partition coefficient (Wildman–Crippen LogP) is 3.61. The minimum absolute atomic E-state index is 0.136. The maximum absolute atomic E-state index is 12.4. The number of amides is 1. The summed E-state index contributed by atoms with van der Waals surface area (Å²) in [6.07, 6.45) is -0.847. The molecule has 1 atom stereocenters. The fraction of sp³-hybridized carbons (Fsp3) is 0.190. The van der Waals surface area contributed by atoms with Gasteiger partial charge in [0.25, 0.3) is 11.5 Å². The van der Waals surface area contributed by atoms with Crippen molar-refractivity contribution in [1.29, 1.82) is 0 Å². The Bertz CT molecular complexity index is 1100. The Kier molecular flexibility index (Phi) is 6.19. The van der Waals surface area contributed by atoms with Crippen LogP contribution in [0.25, 0.3) is 5.69 Å². The van der Waals surface area contributed by atoms with Crippen molar-refractivity contribution in [3.05, 3.63) is 75.5 Å². The first-order valence-corrected chi connectivity index (χ1v) is 9.23.